The van der Waals surface area contributed by atoms with Crippen molar-refractivity contribution in [2.75, 3.05) is 19.6 Å². The van der Waals surface area contributed by atoms with Crippen LogP contribution in [-0.2, 0) is 0 Å². The van der Waals surface area contributed by atoms with E-state index in [1.54, 1.807) is 4.90 Å². The van der Waals surface area contributed by atoms with Crippen LogP contribution in [0.2, 0.25) is 5.02 Å². The number of halogens is 2. The molecule has 2 N–H and O–H groups in total. The molecule has 0 aromatic heterocycles. The summed E-state index contributed by atoms with van der Waals surface area (Å²) in [5, 5.41) is 0.365. The molecule has 5 heteroatoms. The van der Waals surface area contributed by atoms with E-state index in [-0.39, 0.29) is 11.5 Å². The molecule has 17 heavy (non-hydrogen) atoms. The first-order valence-electron chi connectivity index (χ1n) is 5.56. The van der Waals surface area contributed by atoms with Gasteiger partial charge in [-0.25, -0.2) is 4.39 Å². The highest BCUT2D eigenvalue weighted by atomic mass is 35.5. The van der Waals surface area contributed by atoms with Crippen molar-refractivity contribution in [3.8, 4) is 0 Å². The summed E-state index contributed by atoms with van der Waals surface area (Å²) in [6.45, 7) is 1.79. The Hall–Kier alpha value is -1.13. The van der Waals surface area contributed by atoms with Gasteiger partial charge in [-0.05, 0) is 37.1 Å². The maximum atomic E-state index is 13.5. The summed E-state index contributed by atoms with van der Waals surface area (Å²) in [5.41, 5.74) is 5.59. The third kappa shape index (κ3) is 2.58. The Morgan fingerprint density at radius 3 is 3.00 bits per heavy atom. The van der Waals surface area contributed by atoms with Crippen molar-refractivity contribution in [1.82, 2.24) is 4.90 Å². The van der Waals surface area contributed by atoms with Gasteiger partial charge in [-0.15, -0.1) is 0 Å². The quantitative estimate of drug-likeness (QED) is 0.879. The number of likely N-dealkylation sites (tertiary alicyclic amines) is 1. The number of rotatable bonds is 2. The Bertz CT molecular complexity index is 439. The molecule has 0 saturated carbocycles. The van der Waals surface area contributed by atoms with Crippen LogP contribution in [0.5, 0.6) is 0 Å². The first-order chi connectivity index (χ1) is 8.11. The lowest BCUT2D eigenvalue weighted by atomic mass is 10.1. The Kier molecular flexibility index (Phi) is 3.64. The molecule has 1 atom stereocenters. The molecular formula is C12H14ClFN2O. The summed E-state index contributed by atoms with van der Waals surface area (Å²) in [6, 6.07) is 4.02. The van der Waals surface area contributed by atoms with Gasteiger partial charge >= 0.3 is 0 Å². The Labute approximate surface area is 104 Å². The van der Waals surface area contributed by atoms with E-state index in [0.717, 1.165) is 6.42 Å². The van der Waals surface area contributed by atoms with E-state index >= 15 is 0 Å². The molecule has 1 fully saturated rings. The van der Waals surface area contributed by atoms with Gasteiger partial charge in [0.15, 0.2) is 0 Å². The molecule has 0 spiro atoms. The number of hydrogen-bond acceptors (Lipinski definition) is 2. The lowest BCUT2D eigenvalue weighted by Gasteiger charge is -2.16. The van der Waals surface area contributed by atoms with Gasteiger partial charge in [0, 0.05) is 18.1 Å². The van der Waals surface area contributed by atoms with E-state index in [0.29, 0.717) is 30.6 Å². The highest BCUT2D eigenvalue weighted by Crippen LogP contribution is 2.21. The van der Waals surface area contributed by atoms with Gasteiger partial charge in [0.1, 0.15) is 5.82 Å². The molecule has 3 nitrogen and oxygen atoms in total. The van der Waals surface area contributed by atoms with Gasteiger partial charge in [0.25, 0.3) is 5.91 Å². The fourth-order valence-corrected chi connectivity index (χ4v) is 2.21. The summed E-state index contributed by atoms with van der Waals surface area (Å²) in [5.74, 6) is -0.516. The molecule has 0 aliphatic carbocycles. The molecule has 1 saturated heterocycles. The maximum Gasteiger partial charge on any atom is 0.256 e. The molecule has 1 aliphatic rings. The van der Waals surface area contributed by atoms with Crippen molar-refractivity contribution < 1.29 is 9.18 Å². The summed E-state index contributed by atoms with van der Waals surface area (Å²) >= 11 is 5.77. The molecule has 1 amide bonds. The molecule has 0 bridgehead atoms. The van der Waals surface area contributed by atoms with E-state index in [4.69, 9.17) is 17.3 Å². The van der Waals surface area contributed by atoms with Crippen LogP contribution in [0.4, 0.5) is 4.39 Å². The Morgan fingerprint density at radius 1 is 1.59 bits per heavy atom. The van der Waals surface area contributed by atoms with Crippen LogP contribution in [0, 0.1) is 11.7 Å². The number of benzene rings is 1. The minimum atomic E-state index is -0.532. The second-order valence-electron chi connectivity index (χ2n) is 4.27. The van der Waals surface area contributed by atoms with Crippen LogP contribution < -0.4 is 5.73 Å². The van der Waals surface area contributed by atoms with E-state index in [1.807, 2.05) is 0 Å². The zero-order valence-electron chi connectivity index (χ0n) is 9.33. The lowest BCUT2D eigenvalue weighted by Crippen LogP contribution is -2.30. The first-order valence-corrected chi connectivity index (χ1v) is 5.94. The number of nitrogens with two attached hydrogens (primary N) is 1. The maximum absolute atomic E-state index is 13.5. The minimum Gasteiger partial charge on any atom is -0.338 e. The number of amides is 1. The second kappa shape index (κ2) is 5.02. The highest BCUT2D eigenvalue weighted by molar-refractivity contribution is 6.31. The molecule has 1 heterocycles. The highest BCUT2D eigenvalue weighted by Gasteiger charge is 2.27. The predicted octanol–water partition coefficient (Wildman–Crippen LogP) is 1.90. The van der Waals surface area contributed by atoms with E-state index in [9.17, 15) is 9.18 Å². The standard InChI is InChI=1S/C12H14ClFN2O/c13-9-1-2-11(14)10(5-9)12(17)16-4-3-8(6-15)7-16/h1-2,5,8H,3-4,6-7,15H2. The SMILES string of the molecule is NCC1CCN(C(=O)c2cc(Cl)ccc2F)C1. The summed E-state index contributed by atoms with van der Waals surface area (Å²) in [7, 11) is 0. The van der Waals surface area contributed by atoms with Crippen molar-refractivity contribution in [3.05, 3.63) is 34.6 Å². The third-order valence-corrected chi connectivity index (χ3v) is 3.30. The second-order valence-corrected chi connectivity index (χ2v) is 4.70. The molecule has 1 aliphatic heterocycles. The molecule has 1 unspecified atom stereocenters. The molecule has 92 valence electrons. The van der Waals surface area contributed by atoms with Gasteiger partial charge in [0.2, 0.25) is 0 Å². The van der Waals surface area contributed by atoms with Crippen molar-refractivity contribution in [2.24, 2.45) is 11.7 Å². The molecule has 2 rings (SSSR count). The van der Waals surface area contributed by atoms with Gasteiger partial charge in [-0.3, -0.25) is 4.79 Å². The predicted molar refractivity (Wildman–Crippen MR) is 64.5 cm³/mol. The fraction of sp³-hybridized carbons (Fsp3) is 0.417. The molecule has 1 aromatic carbocycles. The van der Waals surface area contributed by atoms with Gasteiger partial charge in [0.05, 0.1) is 5.56 Å². The number of carbonyl (C=O) groups is 1. The van der Waals surface area contributed by atoms with Gasteiger partial charge in [-0.1, -0.05) is 11.6 Å². The largest absolute Gasteiger partial charge is 0.338 e. The minimum absolute atomic E-state index is 0.0372. The summed E-state index contributed by atoms with van der Waals surface area (Å²) in [6.07, 6.45) is 0.879. The van der Waals surface area contributed by atoms with Crippen LogP contribution in [0.15, 0.2) is 18.2 Å². The van der Waals surface area contributed by atoms with Crippen LogP contribution >= 0.6 is 11.6 Å². The monoisotopic (exact) mass is 256 g/mol. The zero-order chi connectivity index (χ0) is 12.4. The van der Waals surface area contributed by atoms with Crippen LogP contribution in [-0.4, -0.2) is 30.4 Å². The topological polar surface area (TPSA) is 46.3 Å². The number of carbonyl (C=O) groups excluding carboxylic acids is 1. The number of nitrogens with zero attached hydrogens (tertiary/aromatic N) is 1. The average molecular weight is 257 g/mol. The van der Waals surface area contributed by atoms with E-state index in [2.05, 4.69) is 0 Å². The van der Waals surface area contributed by atoms with Crippen molar-refractivity contribution in [3.63, 3.8) is 0 Å². The molecule has 1 aromatic rings. The average Bonchev–Trinajstić information content (AvgIpc) is 2.80. The Balaban J connectivity index is 2.17. The van der Waals surface area contributed by atoms with Gasteiger partial charge in [-0.2, -0.15) is 0 Å². The lowest BCUT2D eigenvalue weighted by molar-refractivity contribution is 0.0783. The molecular weight excluding hydrogens is 243 g/mol. The van der Waals surface area contributed by atoms with Gasteiger partial charge < -0.3 is 10.6 Å². The van der Waals surface area contributed by atoms with Crippen molar-refractivity contribution in [2.45, 2.75) is 6.42 Å². The number of hydrogen-bond donors (Lipinski definition) is 1. The Morgan fingerprint density at radius 2 is 2.35 bits per heavy atom. The smallest absolute Gasteiger partial charge is 0.256 e. The van der Waals surface area contributed by atoms with Crippen molar-refractivity contribution in [1.29, 1.82) is 0 Å². The fourth-order valence-electron chi connectivity index (χ4n) is 2.04. The van der Waals surface area contributed by atoms with Crippen LogP contribution in [0.1, 0.15) is 16.8 Å². The van der Waals surface area contributed by atoms with Crippen LogP contribution in [0.3, 0.4) is 0 Å². The molecule has 0 radical (unpaired) electrons. The van der Waals surface area contributed by atoms with E-state index in [1.165, 1.54) is 18.2 Å². The summed E-state index contributed by atoms with van der Waals surface area (Å²) in [4.78, 5) is 13.7. The van der Waals surface area contributed by atoms with Crippen molar-refractivity contribution >= 4 is 17.5 Å². The first kappa shape index (κ1) is 12.3. The normalized spacial score (nSPS) is 19.7. The third-order valence-electron chi connectivity index (χ3n) is 3.07. The zero-order valence-corrected chi connectivity index (χ0v) is 10.1. The summed E-state index contributed by atoms with van der Waals surface area (Å²) < 4.78 is 13.5. The van der Waals surface area contributed by atoms with E-state index < -0.39 is 5.82 Å². The van der Waals surface area contributed by atoms with Crippen LogP contribution in [0.25, 0.3) is 0 Å².